The molecule has 1 heterocycles. The van der Waals surface area contributed by atoms with Crippen LogP contribution in [0.4, 0.5) is 5.69 Å². The van der Waals surface area contributed by atoms with Crippen molar-refractivity contribution in [1.82, 2.24) is 5.32 Å². The maximum atomic E-state index is 12.3. The summed E-state index contributed by atoms with van der Waals surface area (Å²) in [6.07, 6.45) is 1.79. The maximum Gasteiger partial charge on any atom is 0.305 e. The van der Waals surface area contributed by atoms with E-state index in [4.69, 9.17) is 16.3 Å². The number of hydrogen-bond acceptors (Lipinski definition) is 5. The fraction of sp³-hybridized carbons (Fsp3) is 0.500. The average molecular weight is 383 g/mol. The third-order valence-electron chi connectivity index (χ3n) is 4.26. The number of amides is 2. The van der Waals surface area contributed by atoms with E-state index in [1.165, 1.54) is 19.1 Å². The Hall–Kier alpha value is -2.28. The summed E-state index contributed by atoms with van der Waals surface area (Å²) in [6.45, 7) is 0.741. The van der Waals surface area contributed by atoms with Crippen molar-refractivity contribution in [3.8, 4) is 5.75 Å². The van der Waals surface area contributed by atoms with E-state index in [1.807, 2.05) is 0 Å². The molecule has 1 aliphatic heterocycles. The number of benzene rings is 1. The average Bonchev–Trinajstić information content (AvgIpc) is 3.02. The molecule has 26 heavy (non-hydrogen) atoms. The molecule has 1 atom stereocenters. The van der Waals surface area contributed by atoms with Crippen LogP contribution in [0.25, 0.3) is 0 Å². The third-order valence-corrected chi connectivity index (χ3v) is 4.50. The summed E-state index contributed by atoms with van der Waals surface area (Å²) in [5, 5.41) is 3.31. The van der Waals surface area contributed by atoms with Gasteiger partial charge in [0, 0.05) is 31.0 Å². The van der Waals surface area contributed by atoms with Crippen LogP contribution >= 0.6 is 11.6 Å². The van der Waals surface area contributed by atoms with E-state index in [9.17, 15) is 14.4 Å². The summed E-state index contributed by atoms with van der Waals surface area (Å²) in [6, 6.07) is 5.04. The molecule has 2 rings (SSSR count). The Morgan fingerprint density at radius 2 is 2.08 bits per heavy atom. The molecule has 1 aliphatic rings. The molecule has 1 saturated heterocycles. The predicted molar refractivity (Wildman–Crippen MR) is 97.3 cm³/mol. The lowest BCUT2D eigenvalue weighted by molar-refractivity contribution is -0.140. The number of ether oxygens (including phenoxy) is 2. The third kappa shape index (κ3) is 5.11. The van der Waals surface area contributed by atoms with Crippen LogP contribution in [0.5, 0.6) is 5.75 Å². The van der Waals surface area contributed by atoms with Crippen molar-refractivity contribution in [3.63, 3.8) is 0 Å². The number of nitrogens with zero attached hydrogens (tertiary/aromatic N) is 1. The number of carbonyl (C=O) groups is 3. The number of rotatable bonds is 8. The van der Waals surface area contributed by atoms with Crippen LogP contribution in [0.1, 0.15) is 25.7 Å². The zero-order valence-corrected chi connectivity index (χ0v) is 15.7. The van der Waals surface area contributed by atoms with Crippen molar-refractivity contribution >= 4 is 35.1 Å². The first-order chi connectivity index (χ1) is 12.5. The highest BCUT2D eigenvalue weighted by atomic mass is 35.5. The van der Waals surface area contributed by atoms with Crippen molar-refractivity contribution in [2.24, 2.45) is 5.92 Å². The van der Waals surface area contributed by atoms with Crippen LogP contribution in [-0.4, -0.2) is 45.1 Å². The first kappa shape index (κ1) is 20.0. The Balaban J connectivity index is 1.88. The van der Waals surface area contributed by atoms with Crippen LogP contribution in [-0.2, 0) is 19.1 Å². The van der Waals surface area contributed by atoms with E-state index in [0.717, 1.165) is 0 Å². The zero-order valence-electron chi connectivity index (χ0n) is 14.9. The summed E-state index contributed by atoms with van der Waals surface area (Å²) in [5.74, 6) is -0.460. The van der Waals surface area contributed by atoms with Crippen LogP contribution in [0.2, 0.25) is 5.02 Å². The molecule has 1 aromatic rings. The molecule has 7 nitrogen and oxygen atoms in total. The van der Waals surface area contributed by atoms with Gasteiger partial charge in [-0.3, -0.25) is 14.4 Å². The molecule has 1 aromatic carbocycles. The van der Waals surface area contributed by atoms with E-state index >= 15 is 0 Å². The Morgan fingerprint density at radius 1 is 1.31 bits per heavy atom. The normalized spacial score (nSPS) is 16.5. The fourth-order valence-corrected chi connectivity index (χ4v) is 3.01. The minimum absolute atomic E-state index is 0.142. The highest BCUT2D eigenvalue weighted by Crippen LogP contribution is 2.35. The smallest absolute Gasteiger partial charge is 0.305 e. The largest absolute Gasteiger partial charge is 0.495 e. The van der Waals surface area contributed by atoms with Gasteiger partial charge in [0.25, 0.3) is 0 Å². The minimum atomic E-state index is -0.424. The van der Waals surface area contributed by atoms with E-state index < -0.39 is 5.92 Å². The van der Waals surface area contributed by atoms with Crippen molar-refractivity contribution in [2.45, 2.75) is 25.7 Å². The van der Waals surface area contributed by atoms with Crippen molar-refractivity contribution in [1.29, 1.82) is 0 Å². The molecule has 1 N–H and O–H groups in total. The van der Waals surface area contributed by atoms with Crippen LogP contribution in [0.15, 0.2) is 18.2 Å². The minimum Gasteiger partial charge on any atom is -0.495 e. The molecule has 0 saturated carbocycles. The van der Waals surface area contributed by atoms with E-state index in [0.29, 0.717) is 42.3 Å². The number of halogens is 1. The lowest BCUT2D eigenvalue weighted by Gasteiger charge is -2.19. The monoisotopic (exact) mass is 382 g/mol. The quantitative estimate of drug-likeness (QED) is 0.550. The second kappa shape index (κ2) is 9.43. The Morgan fingerprint density at radius 3 is 2.77 bits per heavy atom. The molecule has 142 valence electrons. The Kier molecular flexibility index (Phi) is 7.26. The highest BCUT2D eigenvalue weighted by Gasteiger charge is 2.36. The van der Waals surface area contributed by atoms with E-state index in [1.54, 1.807) is 18.2 Å². The summed E-state index contributed by atoms with van der Waals surface area (Å²) < 4.78 is 9.85. The summed E-state index contributed by atoms with van der Waals surface area (Å²) in [5.41, 5.74) is 0.568. The number of methoxy groups -OCH3 is 2. The van der Waals surface area contributed by atoms with Gasteiger partial charge >= 0.3 is 5.97 Å². The fourth-order valence-electron chi connectivity index (χ4n) is 2.84. The zero-order chi connectivity index (χ0) is 19.1. The molecule has 0 aromatic heterocycles. The maximum absolute atomic E-state index is 12.3. The van der Waals surface area contributed by atoms with Gasteiger partial charge < -0.3 is 19.7 Å². The van der Waals surface area contributed by atoms with Crippen LogP contribution in [0, 0.1) is 5.92 Å². The number of hydrogen-bond donors (Lipinski definition) is 1. The molecule has 0 radical (unpaired) electrons. The summed E-state index contributed by atoms with van der Waals surface area (Å²) >= 11 is 6.02. The topological polar surface area (TPSA) is 84.9 Å². The lowest BCUT2D eigenvalue weighted by Crippen LogP contribution is -2.33. The van der Waals surface area contributed by atoms with Gasteiger partial charge in [0.15, 0.2) is 0 Å². The standard InChI is InChI=1S/C18H23ClN2O5/c1-25-15-7-6-13(19)10-14(15)21-11-12(9-16(21)22)18(24)20-8-4-3-5-17(23)26-2/h6-7,10,12H,3-5,8-9,11H2,1-2H3,(H,20,24). The van der Waals surface area contributed by atoms with Crippen molar-refractivity contribution in [2.75, 3.05) is 32.2 Å². The first-order valence-corrected chi connectivity index (χ1v) is 8.82. The van der Waals surface area contributed by atoms with E-state index in [2.05, 4.69) is 10.1 Å². The van der Waals surface area contributed by atoms with Crippen LogP contribution in [0.3, 0.4) is 0 Å². The number of esters is 1. The van der Waals surface area contributed by atoms with Gasteiger partial charge in [-0.1, -0.05) is 11.6 Å². The van der Waals surface area contributed by atoms with Crippen molar-refractivity contribution in [3.05, 3.63) is 23.2 Å². The molecular formula is C18H23ClN2O5. The molecular weight excluding hydrogens is 360 g/mol. The predicted octanol–water partition coefficient (Wildman–Crippen LogP) is 2.16. The molecule has 8 heteroatoms. The highest BCUT2D eigenvalue weighted by molar-refractivity contribution is 6.31. The SMILES string of the molecule is COC(=O)CCCCNC(=O)C1CC(=O)N(c2cc(Cl)ccc2OC)C1. The van der Waals surface area contributed by atoms with Crippen LogP contribution < -0.4 is 15.0 Å². The second-order valence-corrected chi connectivity index (χ2v) is 6.48. The van der Waals surface area contributed by atoms with Gasteiger partial charge in [0.2, 0.25) is 11.8 Å². The van der Waals surface area contributed by atoms with E-state index in [-0.39, 0.29) is 30.7 Å². The molecule has 0 bridgehead atoms. The molecule has 1 fully saturated rings. The number of anilines is 1. The van der Waals surface area contributed by atoms with Gasteiger partial charge in [-0.15, -0.1) is 0 Å². The number of unbranched alkanes of at least 4 members (excludes halogenated alkanes) is 1. The number of nitrogens with one attached hydrogen (secondary N) is 1. The molecule has 2 amide bonds. The van der Waals surface area contributed by atoms with Gasteiger partial charge in [-0.05, 0) is 31.0 Å². The second-order valence-electron chi connectivity index (χ2n) is 6.05. The Labute approximate surface area is 157 Å². The van der Waals surface area contributed by atoms with Gasteiger partial charge in [-0.25, -0.2) is 0 Å². The summed E-state index contributed by atoms with van der Waals surface area (Å²) in [7, 11) is 2.87. The van der Waals surface area contributed by atoms with Gasteiger partial charge in [-0.2, -0.15) is 0 Å². The molecule has 0 spiro atoms. The lowest BCUT2D eigenvalue weighted by atomic mass is 10.1. The molecule has 0 aliphatic carbocycles. The van der Waals surface area contributed by atoms with Gasteiger partial charge in [0.1, 0.15) is 5.75 Å². The summed E-state index contributed by atoms with van der Waals surface area (Å²) in [4.78, 5) is 37.2. The van der Waals surface area contributed by atoms with Crippen molar-refractivity contribution < 1.29 is 23.9 Å². The molecule has 1 unspecified atom stereocenters. The number of carbonyl (C=O) groups excluding carboxylic acids is 3. The first-order valence-electron chi connectivity index (χ1n) is 8.44. The Bertz CT molecular complexity index is 680. The van der Waals surface area contributed by atoms with Gasteiger partial charge in [0.05, 0.1) is 25.8 Å².